The molecule has 1 nitrogen and oxygen atoms in total. The molecule has 0 unspecified atom stereocenters. The number of fused-ring (bicyclic) bond motifs is 3. The summed E-state index contributed by atoms with van der Waals surface area (Å²) in [5.74, 6) is 0. The Balaban J connectivity index is 1.86. The monoisotopic (exact) mass is 231 g/mol. The Hall–Kier alpha value is -2.28. The van der Waals surface area contributed by atoms with Gasteiger partial charge in [0.15, 0.2) is 0 Å². The third-order valence-corrected chi connectivity index (χ3v) is 3.65. The maximum absolute atomic E-state index is 2.25. The first kappa shape index (κ1) is 9.72. The molecule has 18 heavy (non-hydrogen) atoms. The van der Waals surface area contributed by atoms with Gasteiger partial charge in [0.25, 0.3) is 0 Å². The highest BCUT2D eigenvalue weighted by molar-refractivity contribution is 5.76. The van der Waals surface area contributed by atoms with Crippen LogP contribution in [0, 0.1) is 0 Å². The van der Waals surface area contributed by atoms with Gasteiger partial charge in [-0.1, -0.05) is 42.5 Å². The summed E-state index contributed by atoms with van der Waals surface area (Å²) in [5.41, 5.74) is 6.88. The second kappa shape index (κ2) is 3.61. The molecule has 2 aromatic carbocycles. The minimum atomic E-state index is 1.06. The van der Waals surface area contributed by atoms with Crippen LogP contribution in [0.2, 0.25) is 0 Å². The van der Waals surface area contributed by atoms with Gasteiger partial charge < -0.3 is 4.57 Å². The Morgan fingerprint density at radius 1 is 0.667 bits per heavy atom. The molecule has 1 heteroatoms. The van der Waals surface area contributed by atoms with E-state index in [1.165, 1.54) is 27.9 Å². The van der Waals surface area contributed by atoms with Crippen LogP contribution < -0.4 is 0 Å². The van der Waals surface area contributed by atoms with E-state index in [-0.39, 0.29) is 0 Å². The number of nitrogens with zero attached hydrogens (tertiary/aromatic N) is 1. The third kappa shape index (κ3) is 1.34. The van der Waals surface area contributed by atoms with Gasteiger partial charge >= 0.3 is 0 Å². The van der Waals surface area contributed by atoms with Gasteiger partial charge in [0, 0.05) is 30.1 Å². The Morgan fingerprint density at radius 3 is 2.33 bits per heavy atom. The molecule has 1 heterocycles. The standard InChI is InChI=1S/C17H13N/c1-2-7-15(8-3-1)18-11-14-10-13-6-4-5-9-16(13)17(14)12-18/h1-9,11-12H,10H2. The second-order valence-electron chi connectivity index (χ2n) is 4.77. The molecule has 0 aliphatic heterocycles. The van der Waals surface area contributed by atoms with E-state index >= 15 is 0 Å². The first-order chi connectivity index (χ1) is 8.92. The zero-order valence-electron chi connectivity index (χ0n) is 10.0. The summed E-state index contributed by atoms with van der Waals surface area (Å²) in [5, 5.41) is 0. The fraction of sp³-hybridized carbons (Fsp3) is 0.0588. The van der Waals surface area contributed by atoms with Gasteiger partial charge in [0.2, 0.25) is 0 Å². The van der Waals surface area contributed by atoms with Crippen LogP contribution in [0.4, 0.5) is 0 Å². The molecule has 0 spiro atoms. The van der Waals surface area contributed by atoms with Crippen molar-refractivity contribution in [3.8, 4) is 16.8 Å². The highest BCUT2D eigenvalue weighted by Gasteiger charge is 2.19. The maximum atomic E-state index is 2.25. The van der Waals surface area contributed by atoms with Crippen molar-refractivity contribution in [2.75, 3.05) is 0 Å². The average molecular weight is 231 g/mol. The van der Waals surface area contributed by atoms with Crippen molar-refractivity contribution in [2.24, 2.45) is 0 Å². The zero-order valence-corrected chi connectivity index (χ0v) is 10.0. The van der Waals surface area contributed by atoms with Gasteiger partial charge in [-0.05, 0) is 28.8 Å². The SMILES string of the molecule is c1ccc(-n2cc3c(c2)-c2ccccc2C3)cc1. The molecule has 3 aromatic rings. The molecule has 0 fully saturated rings. The molecule has 0 saturated carbocycles. The van der Waals surface area contributed by atoms with Crippen molar-refractivity contribution < 1.29 is 0 Å². The molecule has 86 valence electrons. The predicted octanol–water partition coefficient (Wildman–Crippen LogP) is 4.05. The lowest BCUT2D eigenvalue weighted by Crippen LogP contribution is -1.90. The lowest BCUT2D eigenvalue weighted by molar-refractivity contribution is 1.06. The van der Waals surface area contributed by atoms with Crippen molar-refractivity contribution in [2.45, 2.75) is 6.42 Å². The van der Waals surface area contributed by atoms with Crippen molar-refractivity contribution in [3.05, 3.63) is 78.1 Å². The second-order valence-corrected chi connectivity index (χ2v) is 4.77. The third-order valence-electron chi connectivity index (χ3n) is 3.65. The van der Waals surface area contributed by atoms with Gasteiger partial charge in [-0.2, -0.15) is 0 Å². The lowest BCUT2D eigenvalue weighted by Gasteiger charge is -2.03. The van der Waals surface area contributed by atoms with E-state index in [0.717, 1.165) is 6.42 Å². The van der Waals surface area contributed by atoms with E-state index in [0.29, 0.717) is 0 Å². The molecule has 0 amide bonds. The van der Waals surface area contributed by atoms with Crippen LogP contribution in [0.3, 0.4) is 0 Å². The molecule has 4 rings (SSSR count). The predicted molar refractivity (Wildman–Crippen MR) is 74.0 cm³/mol. The molecular formula is C17H13N. The van der Waals surface area contributed by atoms with Gasteiger partial charge in [-0.25, -0.2) is 0 Å². The molecule has 0 atom stereocenters. The molecule has 0 N–H and O–H groups in total. The number of hydrogen-bond acceptors (Lipinski definition) is 0. The maximum Gasteiger partial charge on any atom is 0.0449 e. The van der Waals surface area contributed by atoms with Crippen molar-refractivity contribution in [1.29, 1.82) is 0 Å². The van der Waals surface area contributed by atoms with E-state index in [4.69, 9.17) is 0 Å². The number of hydrogen-bond donors (Lipinski definition) is 0. The fourth-order valence-electron chi connectivity index (χ4n) is 2.77. The Morgan fingerprint density at radius 2 is 1.44 bits per heavy atom. The van der Waals surface area contributed by atoms with Crippen molar-refractivity contribution >= 4 is 0 Å². The van der Waals surface area contributed by atoms with Crippen LogP contribution in [0.25, 0.3) is 16.8 Å². The molecule has 1 aromatic heterocycles. The van der Waals surface area contributed by atoms with Crippen molar-refractivity contribution in [1.82, 2.24) is 4.57 Å². The topological polar surface area (TPSA) is 4.93 Å². The summed E-state index contributed by atoms with van der Waals surface area (Å²) in [4.78, 5) is 0. The van der Waals surface area contributed by atoms with Gasteiger partial charge in [0.05, 0.1) is 0 Å². The molecule has 0 bridgehead atoms. The normalized spacial score (nSPS) is 12.2. The first-order valence-corrected chi connectivity index (χ1v) is 6.26. The number of benzene rings is 2. The summed E-state index contributed by atoms with van der Waals surface area (Å²) in [7, 11) is 0. The lowest BCUT2D eigenvalue weighted by atomic mass is 10.1. The van der Waals surface area contributed by atoms with Crippen LogP contribution in [0.1, 0.15) is 11.1 Å². The minimum Gasteiger partial charge on any atom is -0.323 e. The van der Waals surface area contributed by atoms with Crippen LogP contribution in [0.5, 0.6) is 0 Å². The summed E-state index contributed by atoms with van der Waals surface area (Å²) in [6, 6.07) is 19.2. The molecular weight excluding hydrogens is 218 g/mol. The summed E-state index contributed by atoms with van der Waals surface area (Å²) in [6.45, 7) is 0. The van der Waals surface area contributed by atoms with E-state index in [1.807, 2.05) is 0 Å². The van der Waals surface area contributed by atoms with Crippen molar-refractivity contribution in [3.63, 3.8) is 0 Å². The quantitative estimate of drug-likeness (QED) is 0.466. The Labute approximate surface area is 106 Å². The van der Waals surface area contributed by atoms with Crippen LogP contribution in [0.15, 0.2) is 67.0 Å². The molecule has 0 saturated heterocycles. The fourth-order valence-corrected chi connectivity index (χ4v) is 2.77. The largest absolute Gasteiger partial charge is 0.323 e. The Bertz CT molecular complexity index is 707. The van der Waals surface area contributed by atoms with Gasteiger partial charge in [-0.3, -0.25) is 0 Å². The van der Waals surface area contributed by atoms with E-state index in [9.17, 15) is 0 Å². The smallest absolute Gasteiger partial charge is 0.0449 e. The highest BCUT2D eigenvalue weighted by atomic mass is 14.9. The molecule has 0 radical (unpaired) electrons. The first-order valence-electron chi connectivity index (χ1n) is 6.26. The van der Waals surface area contributed by atoms with E-state index < -0.39 is 0 Å². The number of para-hydroxylation sites is 1. The van der Waals surface area contributed by atoms with Crippen LogP contribution in [-0.4, -0.2) is 4.57 Å². The Kier molecular flexibility index (Phi) is 1.95. The van der Waals surface area contributed by atoms with Gasteiger partial charge in [0.1, 0.15) is 0 Å². The summed E-state index contributed by atoms with van der Waals surface area (Å²) in [6.07, 6.45) is 5.56. The van der Waals surface area contributed by atoms with Gasteiger partial charge in [-0.15, -0.1) is 0 Å². The molecule has 1 aliphatic rings. The number of aromatic nitrogens is 1. The average Bonchev–Trinajstić information content (AvgIpc) is 2.97. The zero-order chi connectivity index (χ0) is 11.9. The van der Waals surface area contributed by atoms with E-state index in [2.05, 4.69) is 71.6 Å². The summed E-state index contributed by atoms with van der Waals surface area (Å²) >= 11 is 0. The molecule has 1 aliphatic carbocycles. The van der Waals surface area contributed by atoms with Crippen LogP contribution in [-0.2, 0) is 6.42 Å². The summed E-state index contributed by atoms with van der Waals surface area (Å²) < 4.78 is 2.22. The van der Waals surface area contributed by atoms with Crippen LogP contribution >= 0.6 is 0 Å². The minimum absolute atomic E-state index is 1.06. The highest BCUT2D eigenvalue weighted by Crippen LogP contribution is 2.37. The van der Waals surface area contributed by atoms with E-state index in [1.54, 1.807) is 0 Å². The number of rotatable bonds is 1.